The lowest BCUT2D eigenvalue weighted by molar-refractivity contribution is 0.252. The second kappa shape index (κ2) is 7.09. The fourth-order valence-electron chi connectivity index (χ4n) is 1.77. The quantitative estimate of drug-likeness (QED) is 0.641. The molecule has 0 aliphatic rings. The van der Waals surface area contributed by atoms with Gasteiger partial charge in [-0.15, -0.1) is 10.2 Å². The minimum Gasteiger partial charge on any atom is -0.484 e. The summed E-state index contributed by atoms with van der Waals surface area (Å²) in [5.74, 6) is 1.33. The Hall–Kier alpha value is -2.34. The molecule has 22 heavy (non-hydrogen) atoms. The van der Waals surface area contributed by atoms with Gasteiger partial charge in [-0.1, -0.05) is 48.2 Å². The van der Waals surface area contributed by atoms with E-state index in [1.165, 1.54) is 17.8 Å². The molecule has 3 aromatic rings. The van der Waals surface area contributed by atoms with E-state index in [9.17, 15) is 4.39 Å². The van der Waals surface area contributed by atoms with Crippen LogP contribution in [0.5, 0.6) is 5.75 Å². The van der Waals surface area contributed by atoms with Crippen LogP contribution in [-0.4, -0.2) is 10.2 Å². The largest absolute Gasteiger partial charge is 0.484 e. The minimum atomic E-state index is -0.234. The highest BCUT2D eigenvalue weighted by Gasteiger charge is 2.09. The van der Waals surface area contributed by atoms with Gasteiger partial charge < -0.3 is 9.15 Å². The molecule has 0 fully saturated rings. The van der Waals surface area contributed by atoms with Crippen LogP contribution >= 0.6 is 11.8 Å². The second-order valence-corrected chi connectivity index (χ2v) is 5.37. The molecular formula is C16H13FN2O2S. The Labute approximate surface area is 131 Å². The Bertz CT molecular complexity index is 734. The van der Waals surface area contributed by atoms with Crippen molar-refractivity contribution in [1.29, 1.82) is 0 Å². The monoisotopic (exact) mass is 316 g/mol. The van der Waals surface area contributed by atoms with Crippen LogP contribution < -0.4 is 4.74 Å². The highest BCUT2D eigenvalue weighted by Crippen LogP contribution is 2.23. The summed E-state index contributed by atoms with van der Waals surface area (Å²) < 4.78 is 24.5. The van der Waals surface area contributed by atoms with E-state index in [-0.39, 0.29) is 12.4 Å². The Morgan fingerprint density at radius 1 is 1.00 bits per heavy atom. The van der Waals surface area contributed by atoms with Crippen molar-refractivity contribution in [3.8, 4) is 5.75 Å². The zero-order valence-corrected chi connectivity index (χ0v) is 12.4. The molecule has 1 heterocycles. The molecule has 2 aromatic carbocycles. The summed E-state index contributed by atoms with van der Waals surface area (Å²) in [7, 11) is 0. The molecule has 0 amide bonds. The molecule has 6 heteroatoms. The summed E-state index contributed by atoms with van der Waals surface area (Å²) in [4.78, 5) is 0. The average Bonchev–Trinajstić information content (AvgIpc) is 3.01. The van der Waals surface area contributed by atoms with Crippen molar-refractivity contribution in [2.75, 3.05) is 0 Å². The molecule has 0 aliphatic carbocycles. The first-order valence-corrected chi connectivity index (χ1v) is 7.66. The van der Waals surface area contributed by atoms with Crippen LogP contribution in [0.3, 0.4) is 0 Å². The van der Waals surface area contributed by atoms with Crippen LogP contribution in [-0.2, 0) is 12.4 Å². The first-order chi connectivity index (χ1) is 10.8. The van der Waals surface area contributed by atoms with Gasteiger partial charge in [-0.3, -0.25) is 0 Å². The maximum atomic E-state index is 13.5. The fourth-order valence-corrected chi connectivity index (χ4v) is 2.54. The molecule has 0 aliphatic heterocycles. The van der Waals surface area contributed by atoms with Crippen LogP contribution in [0.25, 0.3) is 0 Å². The van der Waals surface area contributed by atoms with Crippen LogP contribution in [0.1, 0.15) is 11.5 Å². The highest BCUT2D eigenvalue weighted by molar-refractivity contribution is 7.98. The summed E-state index contributed by atoms with van der Waals surface area (Å²) in [5.41, 5.74) is 0.604. The number of ether oxygens (including phenoxy) is 1. The molecule has 3 rings (SSSR count). The Morgan fingerprint density at radius 2 is 1.77 bits per heavy atom. The maximum absolute atomic E-state index is 13.5. The van der Waals surface area contributed by atoms with Gasteiger partial charge in [-0.05, 0) is 23.8 Å². The Morgan fingerprint density at radius 3 is 2.59 bits per heavy atom. The normalized spacial score (nSPS) is 10.6. The van der Waals surface area contributed by atoms with Crippen molar-refractivity contribution in [3.05, 3.63) is 71.9 Å². The number of para-hydroxylation sites is 1. The van der Waals surface area contributed by atoms with Crippen LogP contribution in [0, 0.1) is 5.82 Å². The number of hydrogen-bond acceptors (Lipinski definition) is 5. The van der Waals surface area contributed by atoms with Crippen LogP contribution in [0.15, 0.2) is 64.2 Å². The third-order valence-electron chi connectivity index (χ3n) is 2.86. The molecule has 0 radical (unpaired) electrons. The number of halogens is 1. The van der Waals surface area contributed by atoms with E-state index in [1.807, 2.05) is 30.3 Å². The second-order valence-electron chi connectivity index (χ2n) is 4.44. The van der Waals surface area contributed by atoms with E-state index >= 15 is 0 Å². The predicted molar refractivity (Wildman–Crippen MR) is 81.0 cm³/mol. The van der Waals surface area contributed by atoms with Crippen molar-refractivity contribution < 1.29 is 13.5 Å². The maximum Gasteiger partial charge on any atom is 0.277 e. The van der Waals surface area contributed by atoms with E-state index in [0.717, 1.165) is 5.75 Å². The van der Waals surface area contributed by atoms with Gasteiger partial charge in [0, 0.05) is 5.75 Å². The Kier molecular flexibility index (Phi) is 4.70. The summed E-state index contributed by atoms with van der Waals surface area (Å²) in [6.07, 6.45) is 0. The SMILES string of the molecule is Fc1ccccc1CSc1nnc(COc2ccccc2)o1. The lowest BCUT2D eigenvalue weighted by Crippen LogP contribution is -1.95. The summed E-state index contributed by atoms with van der Waals surface area (Å²) in [6, 6.07) is 16.0. The highest BCUT2D eigenvalue weighted by atomic mass is 32.2. The van der Waals surface area contributed by atoms with Crippen molar-refractivity contribution in [2.45, 2.75) is 17.6 Å². The molecule has 112 valence electrons. The molecule has 4 nitrogen and oxygen atoms in total. The number of nitrogens with zero attached hydrogens (tertiary/aromatic N) is 2. The van der Waals surface area contributed by atoms with Crippen LogP contribution in [0.4, 0.5) is 4.39 Å². The first-order valence-electron chi connectivity index (χ1n) is 6.68. The van der Waals surface area contributed by atoms with Gasteiger partial charge in [0.15, 0.2) is 6.61 Å². The van der Waals surface area contributed by atoms with Gasteiger partial charge in [0.2, 0.25) is 0 Å². The fraction of sp³-hybridized carbons (Fsp3) is 0.125. The predicted octanol–water partition coefficient (Wildman–Crippen LogP) is 4.08. The van der Waals surface area contributed by atoms with Crippen LogP contribution in [0.2, 0.25) is 0 Å². The van der Waals surface area contributed by atoms with E-state index in [4.69, 9.17) is 9.15 Å². The smallest absolute Gasteiger partial charge is 0.277 e. The third kappa shape index (κ3) is 3.85. The Balaban J connectivity index is 1.54. The molecule has 0 atom stereocenters. The molecule has 0 saturated carbocycles. The minimum absolute atomic E-state index is 0.206. The van der Waals surface area contributed by atoms with E-state index in [1.54, 1.807) is 18.2 Å². The topological polar surface area (TPSA) is 48.2 Å². The summed E-state index contributed by atoms with van der Waals surface area (Å²) in [5, 5.41) is 8.22. The molecule has 0 bridgehead atoms. The number of rotatable bonds is 6. The standard InChI is InChI=1S/C16H13FN2O2S/c17-14-9-5-4-6-12(14)11-22-16-19-18-15(21-16)10-20-13-7-2-1-3-8-13/h1-9H,10-11H2. The third-order valence-corrected chi connectivity index (χ3v) is 3.73. The van der Waals surface area contributed by atoms with Crippen molar-refractivity contribution >= 4 is 11.8 Å². The van der Waals surface area contributed by atoms with Crippen molar-refractivity contribution in [2.24, 2.45) is 0 Å². The summed E-state index contributed by atoms with van der Waals surface area (Å²) in [6.45, 7) is 0.206. The number of hydrogen-bond donors (Lipinski definition) is 0. The van der Waals surface area contributed by atoms with Gasteiger partial charge in [0.25, 0.3) is 11.1 Å². The van der Waals surface area contributed by atoms with Crippen molar-refractivity contribution in [3.63, 3.8) is 0 Å². The number of benzene rings is 2. The van der Waals surface area contributed by atoms with E-state index in [0.29, 0.717) is 22.4 Å². The lowest BCUT2D eigenvalue weighted by Gasteiger charge is -2.01. The summed E-state index contributed by atoms with van der Waals surface area (Å²) >= 11 is 1.29. The molecular weight excluding hydrogens is 303 g/mol. The molecule has 0 spiro atoms. The lowest BCUT2D eigenvalue weighted by atomic mass is 10.2. The average molecular weight is 316 g/mol. The first kappa shape index (κ1) is 14.6. The number of aromatic nitrogens is 2. The van der Waals surface area contributed by atoms with E-state index < -0.39 is 0 Å². The van der Waals surface area contributed by atoms with Gasteiger partial charge in [-0.25, -0.2) is 4.39 Å². The van der Waals surface area contributed by atoms with Gasteiger partial charge in [0.1, 0.15) is 11.6 Å². The van der Waals surface area contributed by atoms with E-state index in [2.05, 4.69) is 10.2 Å². The van der Waals surface area contributed by atoms with Gasteiger partial charge in [0.05, 0.1) is 0 Å². The number of thioether (sulfide) groups is 1. The molecule has 1 aromatic heterocycles. The molecule has 0 unspecified atom stereocenters. The molecule has 0 N–H and O–H groups in total. The molecule has 0 saturated heterocycles. The van der Waals surface area contributed by atoms with Gasteiger partial charge in [-0.2, -0.15) is 0 Å². The zero-order chi connectivity index (χ0) is 15.2. The van der Waals surface area contributed by atoms with Crippen molar-refractivity contribution in [1.82, 2.24) is 10.2 Å². The van der Waals surface area contributed by atoms with Gasteiger partial charge >= 0.3 is 0 Å². The zero-order valence-electron chi connectivity index (χ0n) is 11.6.